The van der Waals surface area contributed by atoms with Crippen LogP contribution in [0.25, 0.3) is 0 Å². The van der Waals surface area contributed by atoms with Crippen LogP contribution in [-0.2, 0) is 9.59 Å². The van der Waals surface area contributed by atoms with Crippen molar-refractivity contribution in [2.75, 3.05) is 6.54 Å². The van der Waals surface area contributed by atoms with Gasteiger partial charge in [-0.1, -0.05) is 0 Å². The minimum absolute atomic E-state index is 0.0468. The molecule has 0 saturated carbocycles. The van der Waals surface area contributed by atoms with Gasteiger partial charge < -0.3 is 10.0 Å². The van der Waals surface area contributed by atoms with E-state index in [0.717, 1.165) is 0 Å². The first kappa shape index (κ1) is 15.6. The van der Waals surface area contributed by atoms with Crippen molar-refractivity contribution in [1.82, 2.24) is 4.90 Å². The molecule has 1 aliphatic heterocycles. The largest absolute Gasteiger partial charge is 0.480 e. The number of halogens is 6. The van der Waals surface area contributed by atoms with Gasteiger partial charge in [0.05, 0.1) is 0 Å². The number of carbonyl (C=O) groups is 2. The van der Waals surface area contributed by atoms with Crippen LogP contribution in [0.15, 0.2) is 0 Å². The van der Waals surface area contributed by atoms with Gasteiger partial charge in [0, 0.05) is 6.54 Å². The van der Waals surface area contributed by atoms with E-state index in [1.807, 2.05) is 0 Å². The quantitative estimate of drug-likeness (QED) is 0.790. The third-order valence-electron chi connectivity index (χ3n) is 2.72. The number of amides is 1. The van der Waals surface area contributed by atoms with Crippen LogP contribution in [-0.4, -0.2) is 46.8 Å². The van der Waals surface area contributed by atoms with Gasteiger partial charge in [-0.3, -0.25) is 4.79 Å². The summed E-state index contributed by atoms with van der Waals surface area (Å²) in [4.78, 5) is 22.2. The molecule has 10 heteroatoms. The Labute approximate surface area is 103 Å². The summed E-state index contributed by atoms with van der Waals surface area (Å²) < 4.78 is 74.0. The zero-order chi connectivity index (χ0) is 15.0. The van der Waals surface area contributed by atoms with Gasteiger partial charge in [-0.2, -0.15) is 26.3 Å². The molecule has 0 radical (unpaired) electrons. The van der Waals surface area contributed by atoms with E-state index in [2.05, 4.69) is 0 Å². The number of nitrogens with zero attached hydrogens (tertiary/aromatic N) is 1. The maximum atomic E-state index is 12.3. The van der Waals surface area contributed by atoms with Crippen molar-refractivity contribution in [1.29, 1.82) is 0 Å². The van der Waals surface area contributed by atoms with Gasteiger partial charge in [-0.05, 0) is 12.8 Å². The molecule has 1 heterocycles. The fourth-order valence-corrected chi connectivity index (χ4v) is 1.92. The molecule has 0 aromatic carbocycles. The molecule has 19 heavy (non-hydrogen) atoms. The number of carboxylic acid groups (broad SMARTS) is 1. The molecule has 0 aromatic heterocycles. The van der Waals surface area contributed by atoms with Crippen molar-refractivity contribution in [3.8, 4) is 0 Å². The van der Waals surface area contributed by atoms with E-state index in [-0.39, 0.29) is 17.7 Å². The summed E-state index contributed by atoms with van der Waals surface area (Å²) in [6.45, 7) is -0.432. The fraction of sp³-hybridized carbons (Fsp3) is 0.778. The lowest BCUT2D eigenvalue weighted by Gasteiger charge is -2.29. The summed E-state index contributed by atoms with van der Waals surface area (Å²) in [5.74, 6) is -8.06. The minimum atomic E-state index is -5.80. The number of carbonyl (C=O) groups excluding carboxylic acids is 1. The van der Waals surface area contributed by atoms with E-state index in [1.54, 1.807) is 0 Å². The molecular formula is C9H9F6NO3. The Bertz CT molecular complexity index is 363. The van der Waals surface area contributed by atoms with Crippen LogP contribution in [0.3, 0.4) is 0 Å². The Kier molecular flexibility index (Phi) is 4.01. The average Bonchev–Trinajstić information content (AvgIpc) is 2.59. The van der Waals surface area contributed by atoms with E-state index >= 15 is 0 Å². The summed E-state index contributed by atoms with van der Waals surface area (Å²) in [6.07, 6.45) is -11.7. The monoisotopic (exact) mass is 293 g/mol. The highest BCUT2D eigenvalue weighted by Crippen LogP contribution is 2.41. The second-order valence-corrected chi connectivity index (χ2v) is 4.04. The van der Waals surface area contributed by atoms with Crippen LogP contribution in [0.5, 0.6) is 0 Å². The van der Waals surface area contributed by atoms with Gasteiger partial charge in [0.2, 0.25) is 11.8 Å². The first-order chi connectivity index (χ1) is 8.46. The molecule has 0 aliphatic carbocycles. The molecule has 1 rings (SSSR count). The summed E-state index contributed by atoms with van der Waals surface area (Å²) >= 11 is 0. The molecule has 1 amide bonds. The maximum Gasteiger partial charge on any atom is 0.409 e. The van der Waals surface area contributed by atoms with Crippen LogP contribution in [0.2, 0.25) is 0 Å². The lowest BCUT2D eigenvalue weighted by atomic mass is 10.1. The van der Waals surface area contributed by atoms with E-state index < -0.39 is 42.7 Å². The summed E-state index contributed by atoms with van der Waals surface area (Å²) in [5.41, 5.74) is 0. The Morgan fingerprint density at radius 3 is 1.95 bits per heavy atom. The molecule has 0 aromatic rings. The molecular weight excluding hydrogens is 284 g/mol. The number of aliphatic carboxylic acids is 1. The fourth-order valence-electron chi connectivity index (χ4n) is 1.92. The Hall–Kier alpha value is -1.48. The van der Waals surface area contributed by atoms with Gasteiger partial charge >= 0.3 is 18.3 Å². The highest BCUT2D eigenvalue weighted by atomic mass is 19.4. The molecule has 1 aliphatic rings. The maximum absolute atomic E-state index is 12.3. The number of hydrogen-bond donors (Lipinski definition) is 1. The zero-order valence-electron chi connectivity index (χ0n) is 9.25. The van der Waals surface area contributed by atoms with Gasteiger partial charge in [0.15, 0.2) is 0 Å². The molecule has 1 saturated heterocycles. The van der Waals surface area contributed by atoms with Crippen molar-refractivity contribution in [2.45, 2.75) is 31.2 Å². The molecule has 0 spiro atoms. The lowest BCUT2D eigenvalue weighted by molar-refractivity contribution is -0.277. The van der Waals surface area contributed by atoms with Crippen molar-refractivity contribution in [3.63, 3.8) is 0 Å². The topological polar surface area (TPSA) is 57.6 Å². The molecule has 4 nitrogen and oxygen atoms in total. The molecule has 1 atom stereocenters. The Balaban J connectivity index is 3.04. The predicted molar refractivity (Wildman–Crippen MR) is 48.0 cm³/mol. The number of alkyl halides is 6. The third-order valence-corrected chi connectivity index (χ3v) is 2.72. The van der Waals surface area contributed by atoms with E-state index in [1.165, 1.54) is 0 Å². The van der Waals surface area contributed by atoms with Gasteiger partial charge in [0.25, 0.3) is 0 Å². The number of rotatable bonds is 2. The zero-order valence-corrected chi connectivity index (χ0v) is 9.25. The number of hydrogen-bond acceptors (Lipinski definition) is 2. The molecule has 0 bridgehead atoms. The second-order valence-electron chi connectivity index (χ2n) is 4.04. The normalized spacial score (nSPS) is 21.0. The van der Waals surface area contributed by atoms with Crippen LogP contribution in [0.4, 0.5) is 26.3 Å². The smallest absolute Gasteiger partial charge is 0.409 e. The number of carboxylic acids is 1. The van der Waals surface area contributed by atoms with Crippen LogP contribution in [0, 0.1) is 5.92 Å². The molecule has 110 valence electrons. The van der Waals surface area contributed by atoms with Crippen molar-refractivity contribution in [2.24, 2.45) is 5.92 Å². The van der Waals surface area contributed by atoms with Gasteiger partial charge in [-0.15, -0.1) is 0 Å². The number of likely N-dealkylation sites (tertiary alicyclic amines) is 1. The van der Waals surface area contributed by atoms with E-state index in [0.29, 0.717) is 0 Å². The third kappa shape index (κ3) is 3.29. The molecule has 1 fully saturated rings. The highest BCUT2D eigenvalue weighted by Gasteiger charge is 2.63. The summed E-state index contributed by atoms with van der Waals surface area (Å²) in [7, 11) is 0. The second kappa shape index (κ2) is 4.89. The van der Waals surface area contributed by atoms with Gasteiger partial charge in [-0.25, -0.2) is 4.79 Å². The Morgan fingerprint density at radius 2 is 1.58 bits per heavy atom. The van der Waals surface area contributed by atoms with Crippen molar-refractivity contribution >= 4 is 11.9 Å². The minimum Gasteiger partial charge on any atom is -0.480 e. The molecule has 1 N–H and O–H groups in total. The molecule has 0 unspecified atom stereocenters. The SMILES string of the molecule is O=C(O)[C@@H]1CCCN1C(=O)C(C(F)(F)F)C(F)(F)F. The van der Waals surface area contributed by atoms with Crippen LogP contribution < -0.4 is 0 Å². The van der Waals surface area contributed by atoms with Gasteiger partial charge in [0.1, 0.15) is 6.04 Å². The van der Waals surface area contributed by atoms with E-state index in [9.17, 15) is 35.9 Å². The van der Waals surface area contributed by atoms with Crippen LogP contribution in [0.1, 0.15) is 12.8 Å². The summed E-state index contributed by atoms with van der Waals surface area (Å²) in [5, 5.41) is 8.66. The van der Waals surface area contributed by atoms with E-state index in [4.69, 9.17) is 5.11 Å². The average molecular weight is 293 g/mol. The van der Waals surface area contributed by atoms with Crippen molar-refractivity contribution < 1.29 is 41.0 Å². The lowest BCUT2D eigenvalue weighted by Crippen LogP contribution is -2.52. The first-order valence-electron chi connectivity index (χ1n) is 5.13. The predicted octanol–water partition coefficient (Wildman–Crippen LogP) is 1.80. The van der Waals surface area contributed by atoms with Crippen LogP contribution >= 0.6 is 0 Å². The highest BCUT2D eigenvalue weighted by molar-refractivity contribution is 5.86. The standard InChI is InChI=1S/C9H9F6NO3/c10-8(11,12)5(9(13,14)15)6(17)16-3-1-2-4(16)7(18)19/h4-5H,1-3H2,(H,18,19)/t4-/m0/s1. The Morgan fingerprint density at radius 1 is 1.11 bits per heavy atom. The first-order valence-corrected chi connectivity index (χ1v) is 5.13. The summed E-state index contributed by atoms with van der Waals surface area (Å²) in [6, 6.07) is -1.64. The van der Waals surface area contributed by atoms with Crippen molar-refractivity contribution in [3.05, 3.63) is 0 Å².